The topological polar surface area (TPSA) is 29.5 Å². The van der Waals surface area contributed by atoms with E-state index >= 15 is 0 Å². The maximum absolute atomic E-state index is 6.50. The van der Waals surface area contributed by atoms with Gasteiger partial charge in [0.15, 0.2) is 0 Å². The van der Waals surface area contributed by atoms with Gasteiger partial charge >= 0.3 is 0 Å². The molecule has 3 nitrogen and oxygen atoms in total. The van der Waals surface area contributed by atoms with E-state index in [1.807, 2.05) is 24.3 Å². The highest BCUT2D eigenvalue weighted by Gasteiger charge is 2.25. The summed E-state index contributed by atoms with van der Waals surface area (Å²) < 4.78 is 13.0. The van der Waals surface area contributed by atoms with Gasteiger partial charge in [-0.3, -0.25) is 0 Å². The van der Waals surface area contributed by atoms with Gasteiger partial charge in [-0.25, -0.2) is 0 Å². The molecule has 0 radical (unpaired) electrons. The van der Waals surface area contributed by atoms with Gasteiger partial charge in [0.1, 0.15) is 22.3 Å². The molecule has 0 unspecified atom stereocenters. The molecule has 0 aliphatic heterocycles. The molecule has 2 heterocycles. The van der Waals surface area contributed by atoms with Gasteiger partial charge in [-0.05, 0) is 70.3 Å². The van der Waals surface area contributed by atoms with E-state index in [4.69, 9.17) is 8.83 Å². The first-order chi connectivity index (χ1) is 25.3. The number of furan rings is 2. The summed E-state index contributed by atoms with van der Waals surface area (Å²) in [7, 11) is 0. The average Bonchev–Trinajstić information content (AvgIpc) is 3.77. The van der Waals surface area contributed by atoms with Crippen LogP contribution in [0.25, 0.3) is 77.3 Å². The van der Waals surface area contributed by atoms with Crippen LogP contribution in [-0.4, -0.2) is 0 Å². The minimum Gasteiger partial charge on any atom is -0.456 e. The van der Waals surface area contributed by atoms with Crippen molar-refractivity contribution in [3.63, 3.8) is 0 Å². The Bertz CT molecular complexity index is 2860. The van der Waals surface area contributed by atoms with Crippen LogP contribution in [0.5, 0.6) is 0 Å². The lowest BCUT2D eigenvalue weighted by Crippen LogP contribution is -2.12. The second-order valence-corrected chi connectivity index (χ2v) is 12.8. The molecular formula is C48H31NO2. The third-order valence-corrected chi connectivity index (χ3v) is 9.89. The molecule has 0 saturated heterocycles. The van der Waals surface area contributed by atoms with Crippen molar-refractivity contribution in [2.75, 3.05) is 4.90 Å². The Hall–Kier alpha value is -6.84. The normalized spacial score (nSPS) is 11.5. The number of anilines is 3. The fourth-order valence-corrected chi connectivity index (χ4v) is 7.64. The molecule has 0 aliphatic rings. The summed E-state index contributed by atoms with van der Waals surface area (Å²) in [5.41, 5.74) is 13.4. The summed E-state index contributed by atoms with van der Waals surface area (Å²) in [5, 5.41) is 4.33. The Labute approximate surface area is 295 Å². The fraction of sp³-hybridized carbons (Fsp3) is 0. The van der Waals surface area contributed by atoms with Crippen LogP contribution in [0.4, 0.5) is 17.1 Å². The average molecular weight is 654 g/mol. The number of para-hydroxylation sites is 2. The second-order valence-electron chi connectivity index (χ2n) is 12.8. The van der Waals surface area contributed by atoms with Gasteiger partial charge in [-0.15, -0.1) is 0 Å². The van der Waals surface area contributed by atoms with Gasteiger partial charge in [0, 0.05) is 33.5 Å². The molecule has 8 aromatic carbocycles. The molecule has 2 aromatic heterocycles. The molecule has 0 fully saturated rings. The summed E-state index contributed by atoms with van der Waals surface area (Å²) in [6.45, 7) is 0. The van der Waals surface area contributed by atoms with Crippen molar-refractivity contribution in [3.8, 4) is 33.4 Å². The van der Waals surface area contributed by atoms with Crippen molar-refractivity contribution in [3.05, 3.63) is 188 Å². The van der Waals surface area contributed by atoms with E-state index in [0.717, 1.165) is 83.2 Å². The quantitative estimate of drug-likeness (QED) is 0.179. The molecule has 10 aromatic rings. The van der Waals surface area contributed by atoms with Crippen molar-refractivity contribution >= 4 is 60.9 Å². The molecule has 51 heavy (non-hydrogen) atoms. The minimum atomic E-state index is 0.841. The molecule has 3 heteroatoms. The number of nitrogens with zero attached hydrogens (tertiary/aromatic N) is 1. The van der Waals surface area contributed by atoms with Gasteiger partial charge < -0.3 is 13.7 Å². The number of hydrogen-bond donors (Lipinski definition) is 0. The minimum absolute atomic E-state index is 0.841. The zero-order valence-corrected chi connectivity index (χ0v) is 27.7. The monoisotopic (exact) mass is 653 g/mol. The summed E-state index contributed by atoms with van der Waals surface area (Å²) in [6, 6.07) is 66.2. The van der Waals surface area contributed by atoms with Crippen LogP contribution in [0.2, 0.25) is 0 Å². The molecule has 0 saturated carbocycles. The zero-order valence-electron chi connectivity index (χ0n) is 27.7. The summed E-state index contributed by atoms with van der Waals surface area (Å²) in [6.07, 6.45) is 0. The fourth-order valence-electron chi connectivity index (χ4n) is 7.64. The maximum Gasteiger partial charge on any atom is 0.137 e. The molecule has 0 spiro atoms. The van der Waals surface area contributed by atoms with Crippen LogP contribution >= 0.6 is 0 Å². The molecule has 0 aliphatic carbocycles. The first kappa shape index (κ1) is 29.1. The lowest BCUT2D eigenvalue weighted by molar-refractivity contribution is 0.669. The predicted molar refractivity (Wildman–Crippen MR) is 212 cm³/mol. The molecule has 10 rings (SSSR count). The Morgan fingerprint density at radius 1 is 0.333 bits per heavy atom. The van der Waals surface area contributed by atoms with E-state index in [2.05, 4.69) is 169 Å². The van der Waals surface area contributed by atoms with Crippen molar-refractivity contribution < 1.29 is 8.83 Å². The van der Waals surface area contributed by atoms with Crippen molar-refractivity contribution in [2.45, 2.75) is 0 Å². The van der Waals surface area contributed by atoms with Gasteiger partial charge in [0.05, 0.1) is 16.8 Å². The highest BCUT2D eigenvalue weighted by atomic mass is 16.3. The highest BCUT2D eigenvalue weighted by molar-refractivity contribution is 6.15. The van der Waals surface area contributed by atoms with E-state index < -0.39 is 0 Å². The first-order valence-electron chi connectivity index (χ1n) is 17.3. The van der Waals surface area contributed by atoms with Crippen molar-refractivity contribution in [1.29, 1.82) is 0 Å². The summed E-state index contributed by atoms with van der Waals surface area (Å²) in [4.78, 5) is 2.39. The third-order valence-electron chi connectivity index (χ3n) is 9.89. The third kappa shape index (κ3) is 4.82. The zero-order chi connectivity index (χ0) is 33.7. The SMILES string of the molecule is c1ccc(-c2ccccc2-c2c(-c3ccccc3)cccc2N(c2ccc3c(c2)oc2ccccc23)c2cccc3oc4ccccc4c23)cc1. The van der Waals surface area contributed by atoms with Gasteiger partial charge in [-0.1, -0.05) is 140 Å². The standard InChI is InChI=1S/C48H31NO2/c1-3-15-32(16-4-1)35-19-7-8-21-39(35)47-36(33-17-5-2-6-18-33)23-13-24-41(47)49(34-29-30-38-37-20-9-11-26-43(37)51-46(38)31-34)42-25-14-28-45-48(42)40-22-10-12-27-44(40)50-45/h1-31H. The predicted octanol–water partition coefficient (Wildman–Crippen LogP) is 14.0. The van der Waals surface area contributed by atoms with E-state index in [1.165, 1.54) is 11.1 Å². The number of hydrogen-bond acceptors (Lipinski definition) is 3. The van der Waals surface area contributed by atoms with Gasteiger partial charge in [0.25, 0.3) is 0 Å². The van der Waals surface area contributed by atoms with Crippen molar-refractivity contribution in [1.82, 2.24) is 0 Å². The lowest BCUT2D eigenvalue weighted by atomic mass is 9.87. The van der Waals surface area contributed by atoms with Crippen LogP contribution < -0.4 is 4.90 Å². The van der Waals surface area contributed by atoms with Crippen LogP contribution in [0, 0.1) is 0 Å². The van der Waals surface area contributed by atoms with Gasteiger partial charge in [-0.2, -0.15) is 0 Å². The Morgan fingerprint density at radius 2 is 0.863 bits per heavy atom. The molecule has 0 atom stereocenters. The second kappa shape index (κ2) is 11.9. The summed E-state index contributed by atoms with van der Waals surface area (Å²) >= 11 is 0. The van der Waals surface area contributed by atoms with Crippen LogP contribution in [0.1, 0.15) is 0 Å². The van der Waals surface area contributed by atoms with E-state index in [9.17, 15) is 0 Å². The van der Waals surface area contributed by atoms with Gasteiger partial charge in [0.2, 0.25) is 0 Å². The lowest BCUT2D eigenvalue weighted by Gasteiger charge is -2.30. The highest BCUT2D eigenvalue weighted by Crippen LogP contribution is 2.50. The number of fused-ring (bicyclic) bond motifs is 6. The molecule has 240 valence electrons. The van der Waals surface area contributed by atoms with Crippen LogP contribution in [-0.2, 0) is 0 Å². The van der Waals surface area contributed by atoms with Crippen LogP contribution in [0.15, 0.2) is 197 Å². The molecule has 0 amide bonds. The Kier molecular flexibility index (Phi) is 6.81. The molecule has 0 N–H and O–H groups in total. The molecular weight excluding hydrogens is 623 g/mol. The number of benzene rings is 8. The largest absolute Gasteiger partial charge is 0.456 e. The smallest absolute Gasteiger partial charge is 0.137 e. The first-order valence-corrected chi connectivity index (χ1v) is 17.3. The number of rotatable bonds is 6. The van der Waals surface area contributed by atoms with Crippen LogP contribution in [0.3, 0.4) is 0 Å². The van der Waals surface area contributed by atoms with E-state index in [0.29, 0.717) is 0 Å². The molecule has 0 bridgehead atoms. The van der Waals surface area contributed by atoms with Crippen molar-refractivity contribution in [2.24, 2.45) is 0 Å². The van der Waals surface area contributed by atoms with E-state index in [1.54, 1.807) is 0 Å². The maximum atomic E-state index is 6.50. The summed E-state index contributed by atoms with van der Waals surface area (Å²) in [5.74, 6) is 0. The Morgan fingerprint density at radius 3 is 1.65 bits per heavy atom. The Balaban J connectivity index is 1.33. The van der Waals surface area contributed by atoms with E-state index in [-0.39, 0.29) is 0 Å².